The molecule has 2 rings (SSSR count). The lowest BCUT2D eigenvalue weighted by atomic mass is 10.1. The Hall–Kier alpha value is -0.410. The van der Waals surface area contributed by atoms with Crippen LogP contribution in [0.3, 0.4) is 0 Å². The van der Waals surface area contributed by atoms with Crippen LogP contribution in [-0.2, 0) is 12.3 Å². The molecule has 1 saturated heterocycles. The van der Waals surface area contributed by atoms with Gasteiger partial charge in [-0.05, 0) is 43.8 Å². The van der Waals surface area contributed by atoms with Gasteiger partial charge in [-0.2, -0.15) is 11.8 Å². The predicted octanol–water partition coefficient (Wildman–Crippen LogP) is 3.52. The van der Waals surface area contributed by atoms with Crippen molar-refractivity contribution in [2.24, 2.45) is 0 Å². The molecule has 0 unspecified atom stereocenters. The minimum absolute atomic E-state index is 0.997. The number of piperidine rings is 1. The highest BCUT2D eigenvalue weighted by atomic mass is 32.2. The Balaban J connectivity index is 1.81. The highest BCUT2D eigenvalue weighted by Crippen LogP contribution is 2.18. The molecule has 1 aromatic heterocycles. The largest absolute Gasteiger partial charge is 0.464 e. The minimum Gasteiger partial charge on any atom is -0.464 e. The van der Waals surface area contributed by atoms with Crippen LogP contribution in [0.4, 0.5) is 0 Å². The summed E-state index contributed by atoms with van der Waals surface area (Å²) in [6, 6.07) is 4.27. The topological polar surface area (TPSA) is 16.4 Å². The zero-order chi connectivity index (χ0) is 11.2. The maximum atomic E-state index is 5.83. The van der Waals surface area contributed by atoms with E-state index in [0.29, 0.717) is 0 Å². The first-order valence-corrected chi connectivity index (χ1v) is 7.41. The van der Waals surface area contributed by atoms with E-state index < -0.39 is 0 Å². The van der Waals surface area contributed by atoms with Crippen molar-refractivity contribution in [3.05, 3.63) is 23.7 Å². The molecule has 90 valence electrons. The van der Waals surface area contributed by atoms with Gasteiger partial charge in [0.05, 0.1) is 12.3 Å². The maximum Gasteiger partial charge on any atom is 0.118 e. The van der Waals surface area contributed by atoms with Crippen molar-refractivity contribution in [2.45, 2.75) is 38.5 Å². The van der Waals surface area contributed by atoms with Crippen LogP contribution in [0.1, 0.15) is 37.7 Å². The molecular weight excluding hydrogens is 218 g/mol. The molecule has 0 N–H and O–H groups in total. The van der Waals surface area contributed by atoms with E-state index >= 15 is 0 Å². The smallest absolute Gasteiger partial charge is 0.118 e. The van der Waals surface area contributed by atoms with Crippen molar-refractivity contribution in [3.8, 4) is 0 Å². The summed E-state index contributed by atoms with van der Waals surface area (Å²) in [6.07, 6.45) is 4.09. The van der Waals surface area contributed by atoms with E-state index in [1.54, 1.807) is 0 Å². The zero-order valence-electron chi connectivity index (χ0n) is 10.1. The predicted molar refractivity (Wildman–Crippen MR) is 69.7 cm³/mol. The van der Waals surface area contributed by atoms with Crippen LogP contribution in [-0.4, -0.2) is 23.7 Å². The van der Waals surface area contributed by atoms with E-state index in [1.807, 2.05) is 11.8 Å². The van der Waals surface area contributed by atoms with E-state index in [2.05, 4.69) is 24.0 Å². The number of rotatable bonds is 5. The summed E-state index contributed by atoms with van der Waals surface area (Å²) in [6.45, 7) is 5.65. The van der Waals surface area contributed by atoms with Gasteiger partial charge in [0, 0.05) is 0 Å². The fourth-order valence-electron chi connectivity index (χ4n) is 2.13. The van der Waals surface area contributed by atoms with Crippen molar-refractivity contribution >= 4 is 11.8 Å². The minimum atomic E-state index is 0.997. The fourth-order valence-corrected chi connectivity index (χ4v) is 2.69. The third-order valence-corrected chi connectivity index (χ3v) is 3.89. The second-order valence-electron chi connectivity index (χ2n) is 4.34. The number of nitrogens with zero attached hydrogens (tertiary/aromatic N) is 1. The Bertz CT molecular complexity index is 305. The van der Waals surface area contributed by atoms with Gasteiger partial charge in [0.25, 0.3) is 0 Å². The molecule has 2 nitrogen and oxygen atoms in total. The van der Waals surface area contributed by atoms with Gasteiger partial charge in [-0.15, -0.1) is 0 Å². The van der Waals surface area contributed by atoms with Gasteiger partial charge in [0.2, 0.25) is 0 Å². The first-order valence-electron chi connectivity index (χ1n) is 6.26. The molecule has 0 radical (unpaired) electrons. The van der Waals surface area contributed by atoms with Crippen molar-refractivity contribution < 1.29 is 4.42 Å². The Morgan fingerprint density at radius 2 is 1.94 bits per heavy atom. The molecule has 1 aliphatic heterocycles. The average Bonchev–Trinajstić information content (AvgIpc) is 2.75. The van der Waals surface area contributed by atoms with Crippen molar-refractivity contribution in [3.63, 3.8) is 0 Å². The monoisotopic (exact) mass is 239 g/mol. The zero-order valence-corrected chi connectivity index (χ0v) is 10.9. The number of likely N-dealkylation sites (tertiary alicyclic amines) is 1. The molecule has 3 heteroatoms. The van der Waals surface area contributed by atoms with Crippen LogP contribution in [0.15, 0.2) is 16.5 Å². The highest BCUT2D eigenvalue weighted by molar-refractivity contribution is 7.98. The Labute approximate surface area is 102 Å². The maximum absolute atomic E-state index is 5.83. The van der Waals surface area contributed by atoms with E-state index in [-0.39, 0.29) is 0 Å². The van der Waals surface area contributed by atoms with Gasteiger partial charge in [-0.3, -0.25) is 4.90 Å². The quantitative estimate of drug-likeness (QED) is 0.782. The molecule has 0 amide bonds. The molecule has 0 spiro atoms. The SMILES string of the molecule is CCSCc1ccc(CN2CCCCC2)o1. The Morgan fingerprint density at radius 3 is 2.69 bits per heavy atom. The van der Waals surface area contributed by atoms with Gasteiger partial charge in [0.15, 0.2) is 0 Å². The van der Waals surface area contributed by atoms with Gasteiger partial charge >= 0.3 is 0 Å². The van der Waals surface area contributed by atoms with Crippen LogP contribution in [0, 0.1) is 0 Å². The fraction of sp³-hybridized carbons (Fsp3) is 0.692. The summed E-state index contributed by atoms with van der Waals surface area (Å²) >= 11 is 1.91. The summed E-state index contributed by atoms with van der Waals surface area (Å²) in [5.41, 5.74) is 0. The third kappa shape index (κ3) is 3.56. The summed E-state index contributed by atoms with van der Waals surface area (Å²) < 4.78 is 5.83. The van der Waals surface area contributed by atoms with Gasteiger partial charge < -0.3 is 4.42 Å². The first-order chi connectivity index (χ1) is 7.88. The van der Waals surface area contributed by atoms with Gasteiger partial charge in [-0.25, -0.2) is 0 Å². The van der Waals surface area contributed by atoms with Crippen LogP contribution in [0.2, 0.25) is 0 Å². The molecule has 1 fully saturated rings. The standard InChI is InChI=1S/C13H21NOS/c1-2-16-11-13-7-6-12(15-13)10-14-8-4-3-5-9-14/h6-7H,2-5,8-11H2,1H3. The summed E-state index contributed by atoms with van der Waals surface area (Å²) in [4.78, 5) is 2.50. The summed E-state index contributed by atoms with van der Waals surface area (Å²) in [5.74, 6) is 4.42. The van der Waals surface area contributed by atoms with E-state index in [1.165, 1.54) is 32.4 Å². The molecule has 1 aliphatic rings. The van der Waals surface area contributed by atoms with E-state index in [4.69, 9.17) is 4.42 Å². The molecular formula is C13H21NOS. The molecule has 1 aromatic rings. The average molecular weight is 239 g/mol. The normalized spacial score (nSPS) is 17.8. The lowest BCUT2D eigenvalue weighted by Gasteiger charge is -2.25. The van der Waals surface area contributed by atoms with E-state index in [0.717, 1.165) is 29.6 Å². The second-order valence-corrected chi connectivity index (χ2v) is 5.62. The van der Waals surface area contributed by atoms with Crippen LogP contribution < -0.4 is 0 Å². The number of thioether (sulfide) groups is 1. The third-order valence-electron chi connectivity index (χ3n) is 2.99. The molecule has 0 atom stereocenters. The van der Waals surface area contributed by atoms with Crippen molar-refractivity contribution in [2.75, 3.05) is 18.8 Å². The van der Waals surface area contributed by atoms with Crippen LogP contribution in [0.25, 0.3) is 0 Å². The summed E-state index contributed by atoms with van der Waals surface area (Å²) in [5, 5.41) is 0. The molecule has 0 aliphatic carbocycles. The van der Waals surface area contributed by atoms with Crippen LogP contribution >= 0.6 is 11.8 Å². The molecule has 0 aromatic carbocycles. The van der Waals surface area contributed by atoms with E-state index in [9.17, 15) is 0 Å². The summed E-state index contributed by atoms with van der Waals surface area (Å²) in [7, 11) is 0. The Kier molecular flexibility index (Phi) is 4.79. The van der Waals surface area contributed by atoms with Crippen LogP contribution in [0.5, 0.6) is 0 Å². The van der Waals surface area contributed by atoms with Gasteiger partial charge in [-0.1, -0.05) is 13.3 Å². The number of hydrogen-bond acceptors (Lipinski definition) is 3. The molecule has 0 bridgehead atoms. The van der Waals surface area contributed by atoms with Crippen molar-refractivity contribution in [1.29, 1.82) is 0 Å². The molecule has 2 heterocycles. The second kappa shape index (κ2) is 6.36. The lowest BCUT2D eigenvalue weighted by molar-refractivity contribution is 0.204. The van der Waals surface area contributed by atoms with Crippen molar-refractivity contribution in [1.82, 2.24) is 4.90 Å². The van der Waals surface area contributed by atoms with Gasteiger partial charge in [0.1, 0.15) is 11.5 Å². The number of hydrogen-bond donors (Lipinski definition) is 0. The highest BCUT2D eigenvalue weighted by Gasteiger charge is 2.12. The Morgan fingerprint density at radius 1 is 1.19 bits per heavy atom. The molecule has 0 saturated carbocycles. The lowest BCUT2D eigenvalue weighted by Crippen LogP contribution is -2.28. The molecule has 16 heavy (non-hydrogen) atoms. The number of furan rings is 1. The first kappa shape index (κ1) is 12.1.